The first-order chi connectivity index (χ1) is 17.2. The molecule has 7 aliphatic rings. The number of hydrogen-bond donors (Lipinski definition) is 0. The summed E-state index contributed by atoms with van der Waals surface area (Å²) in [5.41, 5.74) is -1.76. The average molecular weight is 507 g/mol. The maximum atomic E-state index is 14.4. The van der Waals surface area contributed by atoms with Crippen LogP contribution in [-0.2, 0) is 42.7 Å². The van der Waals surface area contributed by atoms with Crippen LogP contribution in [0.5, 0.6) is 0 Å². The molecule has 4 aliphatic carbocycles. The molecule has 0 radical (unpaired) electrons. The van der Waals surface area contributed by atoms with E-state index in [2.05, 4.69) is 13.8 Å². The van der Waals surface area contributed by atoms with Crippen LogP contribution in [0.4, 0.5) is 0 Å². The molecule has 3 aliphatic heterocycles. The summed E-state index contributed by atoms with van der Waals surface area (Å²) < 4.78 is 42.4. The molecule has 0 aromatic heterocycles. The van der Waals surface area contributed by atoms with Gasteiger partial charge in [0, 0.05) is 32.1 Å². The number of carbonyl (C=O) groups is 2. The van der Waals surface area contributed by atoms with Gasteiger partial charge in [0.2, 0.25) is 5.79 Å². The van der Waals surface area contributed by atoms with Crippen LogP contribution in [0.3, 0.4) is 0 Å². The van der Waals surface area contributed by atoms with Crippen molar-refractivity contribution in [1.82, 2.24) is 0 Å². The number of fused-ring (bicyclic) bond motifs is 7. The minimum Gasteiger partial charge on any atom is -0.462 e. The first kappa shape index (κ1) is 24.0. The van der Waals surface area contributed by atoms with Gasteiger partial charge in [-0.25, -0.2) is 0 Å². The Morgan fingerprint density at radius 3 is 2.47 bits per heavy atom. The minimum absolute atomic E-state index is 0.00326. The molecular formula is C27H38O9. The highest BCUT2D eigenvalue weighted by atomic mass is 16.9. The van der Waals surface area contributed by atoms with Gasteiger partial charge in [-0.2, -0.15) is 0 Å². The molecule has 0 aromatic rings. The topological polar surface area (TPSA) is 98.8 Å². The van der Waals surface area contributed by atoms with E-state index in [0.29, 0.717) is 26.1 Å². The Kier molecular flexibility index (Phi) is 5.15. The van der Waals surface area contributed by atoms with Crippen LogP contribution in [0.2, 0.25) is 0 Å². The van der Waals surface area contributed by atoms with Crippen molar-refractivity contribution in [1.29, 1.82) is 0 Å². The van der Waals surface area contributed by atoms with Gasteiger partial charge in [0.05, 0.1) is 18.6 Å². The lowest BCUT2D eigenvalue weighted by Crippen LogP contribution is -2.69. The Balaban J connectivity index is 1.29. The van der Waals surface area contributed by atoms with Gasteiger partial charge in [0.1, 0.15) is 24.1 Å². The largest absolute Gasteiger partial charge is 0.462 e. The molecule has 9 heteroatoms. The molecule has 4 unspecified atom stereocenters. The van der Waals surface area contributed by atoms with Crippen molar-refractivity contribution in [3.05, 3.63) is 0 Å². The summed E-state index contributed by atoms with van der Waals surface area (Å²) in [4.78, 5) is 26.7. The third-order valence-electron chi connectivity index (χ3n) is 11.6. The Morgan fingerprint density at radius 2 is 1.75 bits per heavy atom. The van der Waals surface area contributed by atoms with Crippen LogP contribution < -0.4 is 0 Å². The summed E-state index contributed by atoms with van der Waals surface area (Å²) in [6.45, 7) is 7.62. The normalized spacial score (nSPS) is 53.1. The van der Waals surface area contributed by atoms with Crippen LogP contribution in [0, 0.1) is 34.5 Å². The summed E-state index contributed by atoms with van der Waals surface area (Å²) in [5, 5.41) is 0. The van der Waals surface area contributed by atoms with Gasteiger partial charge in [-0.1, -0.05) is 6.92 Å². The molecule has 0 amide bonds. The molecule has 200 valence electrons. The van der Waals surface area contributed by atoms with Gasteiger partial charge in [0.15, 0.2) is 19.4 Å². The van der Waals surface area contributed by atoms with E-state index in [9.17, 15) is 9.59 Å². The smallest absolute Gasteiger partial charge is 0.302 e. The number of hydrogen-bond acceptors (Lipinski definition) is 9. The fourth-order valence-electron chi connectivity index (χ4n) is 9.92. The van der Waals surface area contributed by atoms with Crippen LogP contribution in [0.25, 0.3) is 0 Å². The zero-order valence-electron chi connectivity index (χ0n) is 21.5. The van der Waals surface area contributed by atoms with Gasteiger partial charge >= 0.3 is 5.97 Å². The van der Waals surface area contributed by atoms with Gasteiger partial charge in [0.25, 0.3) is 0 Å². The van der Waals surface area contributed by atoms with Crippen molar-refractivity contribution in [3.8, 4) is 0 Å². The molecule has 9 atom stereocenters. The van der Waals surface area contributed by atoms with Crippen molar-refractivity contribution in [2.24, 2.45) is 34.5 Å². The average Bonchev–Trinajstić information content (AvgIpc) is 3.62. The second kappa shape index (κ2) is 7.73. The Bertz CT molecular complexity index is 949. The highest BCUT2D eigenvalue weighted by Gasteiger charge is 2.79. The maximum Gasteiger partial charge on any atom is 0.302 e. The number of rotatable bonds is 1. The van der Waals surface area contributed by atoms with Gasteiger partial charge in [-0.3, -0.25) is 9.59 Å². The summed E-state index contributed by atoms with van der Waals surface area (Å²) in [7, 11) is 0. The molecule has 3 heterocycles. The lowest BCUT2D eigenvalue weighted by atomic mass is 9.43. The SMILES string of the molecule is CC(=O)O[C@@H]1C[C@@H]2CC3(CC[C@]2(C)C2CC(=O)[C@@]4(C)C(CC[C@@]45OCOC54COCO4)C21)OCCO3. The molecule has 3 spiro atoms. The Labute approximate surface area is 211 Å². The molecule has 4 saturated carbocycles. The van der Waals surface area contributed by atoms with E-state index in [1.165, 1.54) is 6.92 Å². The molecule has 0 bridgehead atoms. The van der Waals surface area contributed by atoms with Gasteiger partial charge < -0.3 is 33.2 Å². The minimum atomic E-state index is -1.06. The highest BCUT2D eigenvalue weighted by molar-refractivity contribution is 5.88. The predicted molar refractivity (Wildman–Crippen MR) is 122 cm³/mol. The van der Waals surface area contributed by atoms with Crippen molar-refractivity contribution < 1.29 is 42.7 Å². The van der Waals surface area contributed by atoms with Crippen LogP contribution >= 0.6 is 0 Å². The van der Waals surface area contributed by atoms with Crippen molar-refractivity contribution in [3.63, 3.8) is 0 Å². The standard InChI is InChI=1S/C27H38O9/c1-16(28)36-20-10-17-12-25(31-8-9-32-25)7-6-23(17,2)19-11-21(29)24(3)18(22(19)20)4-5-26(24)27(35-15-33-26)13-30-14-34-27/h17-20,22H,4-15H2,1-3H3/t17-,18?,19?,20-,22?,23+,24-,26-,27?/m1/s1. The van der Waals surface area contributed by atoms with Crippen molar-refractivity contribution in [2.45, 2.75) is 89.0 Å². The first-order valence-electron chi connectivity index (χ1n) is 13.7. The summed E-state index contributed by atoms with van der Waals surface area (Å²) >= 11 is 0. The zero-order valence-corrected chi connectivity index (χ0v) is 21.5. The molecule has 3 saturated heterocycles. The first-order valence-corrected chi connectivity index (χ1v) is 13.7. The molecule has 7 rings (SSSR count). The number of carbonyl (C=O) groups excluding carboxylic acids is 2. The van der Waals surface area contributed by atoms with Gasteiger partial charge in [-0.15, -0.1) is 0 Å². The predicted octanol–water partition coefficient (Wildman–Crippen LogP) is 2.94. The molecule has 9 nitrogen and oxygen atoms in total. The molecule has 0 aromatic carbocycles. The lowest BCUT2D eigenvalue weighted by Gasteiger charge is -2.63. The van der Waals surface area contributed by atoms with E-state index in [4.69, 9.17) is 33.2 Å². The fourth-order valence-corrected chi connectivity index (χ4v) is 9.92. The second-order valence-electron chi connectivity index (χ2n) is 12.7. The van der Waals surface area contributed by atoms with E-state index >= 15 is 0 Å². The van der Waals surface area contributed by atoms with E-state index in [1.54, 1.807) is 0 Å². The monoisotopic (exact) mass is 506 g/mol. The molecule has 0 N–H and O–H groups in total. The van der Waals surface area contributed by atoms with E-state index in [-0.39, 0.29) is 67.1 Å². The van der Waals surface area contributed by atoms with E-state index < -0.39 is 22.6 Å². The number of ketones is 1. The lowest BCUT2D eigenvalue weighted by molar-refractivity contribution is -0.260. The third kappa shape index (κ3) is 2.82. The number of ether oxygens (including phenoxy) is 7. The van der Waals surface area contributed by atoms with Crippen LogP contribution in [-0.4, -0.2) is 68.4 Å². The second-order valence-corrected chi connectivity index (χ2v) is 12.7. The van der Waals surface area contributed by atoms with Crippen molar-refractivity contribution >= 4 is 11.8 Å². The van der Waals surface area contributed by atoms with Crippen LogP contribution in [0.1, 0.15) is 65.7 Å². The van der Waals surface area contributed by atoms with Crippen LogP contribution in [0.15, 0.2) is 0 Å². The van der Waals surface area contributed by atoms with E-state index in [1.807, 2.05) is 0 Å². The zero-order chi connectivity index (χ0) is 25.0. The highest BCUT2D eigenvalue weighted by Crippen LogP contribution is 2.71. The fraction of sp³-hybridized carbons (Fsp3) is 0.926. The van der Waals surface area contributed by atoms with E-state index in [0.717, 1.165) is 32.1 Å². The van der Waals surface area contributed by atoms with Gasteiger partial charge in [-0.05, 0) is 55.8 Å². The number of Topliss-reactive ketones (excluding diaryl/α,β-unsaturated/α-hetero) is 1. The Hall–Kier alpha value is -1.10. The quantitative estimate of drug-likeness (QED) is 0.497. The maximum absolute atomic E-state index is 14.4. The summed E-state index contributed by atoms with van der Waals surface area (Å²) in [5.74, 6) is -1.19. The molecule has 36 heavy (non-hydrogen) atoms. The van der Waals surface area contributed by atoms with Crippen molar-refractivity contribution in [2.75, 3.05) is 33.4 Å². The summed E-state index contributed by atoms with van der Waals surface area (Å²) in [6, 6.07) is 0. The molecule has 7 fully saturated rings. The third-order valence-corrected chi connectivity index (χ3v) is 11.6. The summed E-state index contributed by atoms with van der Waals surface area (Å²) in [6.07, 6.45) is 4.97. The number of esters is 1. The Morgan fingerprint density at radius 1 is 0.972 bits per heavy atom. The molecular weight excluding hydrogens is 468 g/mol.